The molecule has 2 aliphatic heterocycles. The van der Waals surface area contributed by atoms with Crippen molar-refractivity contribution in [3.8, 4) is 0 Å². The Morgan fingerprint density at radius 2 is 1.39 bits per heavy atom. The van der Waals surface area contributed by atoms with Gasteiger partial charge in [0.05, 0.1) is 19.3 Å². The zero-order chi connectivity index (χ0) is 17.3. The number of hydrogen-bond donors (Lipinski definition) is 8. The number of aliphatic hydroxyl groups is 7. The molecular formula is C12H23NO10. The molecule has 0 amide bonds. The summed E-state index contributed by atoms with van der Waals surface area (Å²) in [5.41, 5.74) is 5.55. The largest absolute Gasteiger partial charge is 0.394 e. The summed E-state index contributed by atoms with van der Waals surface area (Å²) in [6, 6.07) is -1.23. The van der Waals surface area contributed by atoms with Crippen LogP contribution in [0.4, 0.5) is 0 Å². The van der Waals surface area contributed by atoms with Gasteiger partial charge < -0.3 is 55.7 Å². The molecule has 11 nitrogen and oxygen atoms in total. The van der Waals surface area contributed by atoms with E-state index in [4.69, 9.17) is 25.1 Å². The van der Waals surface area contributed by atoms with Gasteiger partial charge in [-0.25, -0.2) is 0 Å². The van der Waals surface area contributed by atoms with E-state index in [0.29, 0.717) is 0 Å². The molecule has 0 saturated carbocycles. The van der Waals surface area contributed by atoms with E-state index in [1.54, 1.807) is 0 Å². The lowest BCUT2D eigenvalue weighted by Gasteiger charge is -2.45. The Bertz CT molecular complexity index is 383. The third-order valence-corrected chi connectivity index (χ3v) is 4.06. The first kappa shape index (κ1) is 18.9. The number of aliphatic hydroxyl groups excluding tert-OH is 7. The van der Waals surface area contributed by atoms with Crippen LogP contribution in [-0.4, -0.2) is 110 Å². The molecule has 2 saturated heterocycles. The summed E-state index contributed by atoms with van der Waals surface area (Å²) in [6.07, 6.45) is -13.0. The van der Waals surface area contributed by atoms with Gasteiger partial charge in [0, 0.05) is 0 Å². The van der Waals surface area contributed by atoms with Gasteiger partial charge in [0.1, 0.15) is 42.7 Å². The first-order valence-corrected chi connectivity index (χ1v) is 7.15. The fourth-order valence-corrected chi connectivity index (χ4v) is 2.60. The summed E-state index contributed by atoms with van der Waals surface area (Å²) in [7, 11) is 0. The van der Waals surface area contributed by atoms with E-state index in [1.807, 2.05) is 0 Å². The number of rotatable bonds is 4. The van der Waals surface area contributed by atoms with Crippen LogP contribution in [0.15, 0.2) is 0 Å². The standard InChI is InChI=1S/C12H23NO10/c13-5-7(17)10(4(2-15)21-11(5)20)23-12-9(19)8(18)6(16)3(1-14)22-12/h3-12,14-20H,1-2,13H2/t3-,4-,5-,6-,7-,8+,9+,10-,11+,12+/m1/s1. The lowest BCUT2D eigenvalue weighted by molar-refractivity contribution is -0.344. The summed E-state index contributed by atoms with van der Waals surface area (Å²) >= 11 is 0. The van der Waals surface area contributed by atoms with Gasteiger partial charge in [-0.1, -0.05) is 0 Å². The quantitative estimate of drug-likeness (QED) is 0.243. The van der Waals surface area contributed by atoms with E-state index in [0.717, 1.165) is 0 Å². The number of nitrogens with two attached hydrogens (primary N) is 1. The molecule has 0 radical (unpaired) electrons. The third kappa shape index (κ3) is 3.65. The highest BCUT2D eigenvalue weighted by atomic mass is 16.7. The van der Waals surface area contributed by atoms with Gasteiger partial charge in [-0.05, 0) is 0 Å². The Morgan fingerprint density at radius 3 is 1.96 bits per heavy atom. The Labute approximate surface area is 131 Å². The SMILES string of the molecule is N[C@@H]1[C@@H](O)[C@H](O[C@@H]2O[C@H](CO)[C@@H](O)[C@H](O)[C@@H]2O)[C@@H](CO)O[C@@H]1O. The van der Waals surface area contributed by atoms with Crippen LogP contribution < -0.4 is 5.73 Å². The summed E-state index contributed by atoms with van der Waals surface area (Å²) in [5, 5.41) is 67.3. The van der Waals surface area contributed by atoms with Crippen molar-refractivity contribution in [2.75, 3.05) is 13.2 Å². The molecule has 23 heavy (non-hydrogen) atoms. The molecule has 0 unspecified atom stereocenters. The van der Waals surface area contributed by atoms with E-state index >= 15 is 0 Å². The van der Waals surface area contributed by atoms with Crippen molar-refractivity contribution in [1.82, 2.24) is 0 Å². The fraction of sp³-hybridized carbons (Fsp3) is 1.00. The van der Waals surface area contributed by atoms with Crippen LogP contribution in [0.25, 0.3) is 0 Å². The minimum atomic E-state index is -1.68. The van der Waals surface area contributed by atoms with Crippen LogP contribution >= 0.6 is 0 Å². The van der Waals surface area contributed by atoms with Gasteiger partial charge in [0.15, 0.2) is 12.6 Å². The zero-order valence-electron chi connectivity index (χ0n) is 12.1. The predicted octanol–water partition coefficient (Wildman–Crippen LogP) is -5.43. The predicted molar refractivity (Wildman–Crippen MR) is 70.6 cm³/mol. The van der Waals surface area contributed by atoms with Crippen molar-refractivity contribution in [2.45, 2.75) is 61.3 Å². The Kier molecular flexibility index (Phi) is 6.27. The molecule has 10 atom stereocenters. The minimum absolute atomic E-state index is 0.622. The van der Waals surface area contributed by atoms with Crippen LogP contribution in [0.5, 0.6) is 0 Å². The van der Waals surface area contributed by atoms with Gasteiger partial charge in [0.2, 0.25) is 0 Å². The maximum absolute atomic E-state index is 10.1. The van der Waals surface area contributed by atoms with E-state index in [1.165, 1.54) is 0 Å². The second-order valence-corrected chi connectivity index (χ2v) is 5.61. The van der Waals surface area contributed by atoms with Gasteiger partial charge in [-0.2, -0.15) is 0 Å². The molecule has 0 aliphatic carbocycles. The van der Waals surface area contributed by atoms with Crippen molar-refractivity contribution in [1.29, 1.82) is 0 Å². The van der Waals surface area contributed by atoms with Crippen LogP contribution in [-0.2, 0) is 14.2 Å². The molecule has 2 fully saturated rings. The molecule has 0 spiro atoms. The molecule has 11 heteroatoms. The van der Waals surface area contributed by atoms with Crippen molar-refractivity contribution in [2.24, 2.45) is 5.73 Å². The number of hydrogen-bond acceptors (Lipinski definition) is 11. The smallest absolute Gasteiger partial charge is 0.187 e. The summed E-state index contributed by atoms with van der Waals surface area (Å²) in [5.74, 6) is 0. The summed E-state index contributed by atoms with van der Waals surface area (Å²) < 4.78 is 15.5. The van der Waals surface area contributed by atoms with Crippen molar-refractivity contribution in [3.05, 3.63) is 0 Å². The van der Waals surface area contributed by atoms with Crippen molar-refractivity contribution >= 4 is 0 Å². The second-order valence-electron chi connectivity index (χ2n) is 5.61. The topological polar surface area (TPSA) is 195 Å². The molecule has 2 aliphatic rings. The minimum Gasteiger partial charge on any atom is -0.394 e. The molecule has 0 aromatic heterocycles. The Hall–Kier alpha value is -0.440. The molecule has 9 N–H and O–H groups in total. The second kappa shape index (κ2) is 7.63. The molecule has 136 valence electrons. The van der Waals surface area contributed by atoms with Gasteiger partial charge in [0.25, 0.3) is 0 Å². The molecule has 0 aromatic carbocycles. The molecule has 0 bridgehead atoms. The van der Waals surface area contributed by atoms with E-state index in [9.17, 15) is 30.6 Å². The highest BCUT2D eigenvalue weighted by Crippen LogP contribution is 2.27. The normalized spacial score (nSPS) is 51.7. The van der Waals surface area contributed by atoms with Gasteiger partial charge >= 0.3 is 0 Å². The Morgan fingerprint density at radius 1 is 0.783 bits per heavy atom. The first-order chi connectivity index (χ1) is 10.8. The lowest BCUT2D eigenvalue weighted by atomic mass is 9.96. The first-order valence-electron chi connectivity index (χ1n) is 7.15. The van der Waals surface area contributed by atoms with Crippen LogP contribution in [0.3, 0.4) is 0 Å². The third-order valence-electron chi connectivity index (χ3n) is 4.06. The average molecular weight is 341 g/mol. The fourth-order valence-electron chi connectivity index (χ4n) is 2.60. The molecule has 2 rings (SSSR count). The van der Waals surface area contributed by atoms with E-state index in [2.05, 4.69) is 0 Å². The van der Waals surface area contributed by atoms with Crippen LogP contribution in [0.2, 0.25) is 0 Å². The maximum atomic E-state index is 10.1. The lowest BCUT2D eigenvalue weighted by Crippen LogP contribution is -2.66. The van der Waals surface area contributed by atoms with Crippen molar-refractivity contribution in [3.63, 3.8) is 0 Å². The highest BCUT2D eigenvalue weighted by Gasteiger charge is 2.49. The highest BCUT2D eigenvalue weighted by molar-refractivity contribution is 4.94. The van der Waals surface area contributed by atoms with Crippen LogP contribution in [0, 0.1) is 0 Å². The van der Waals surface area contributed by atoms with E-state index in [-0.39, 0.29) is 0 Å². The Balaban J connectivity index is 2.11. The maximum Gasteiger partial charge on any atom is 0.187 e. The monoisotopic (exact) mass is 341 g/mol. The summed E-state index contributed by atoms with van der Waals surface area (Å²) in [6.45, 7) is -1.26. The molecule has 0 aromatic rings. The van der Waals surface area contributed by atoms with Gasteiger partial charge in [-0.3, -0.25) is 0 Å². The van der Waals surface area contributed by atoms with Crippen LogP contribution in [0.1, 0.15) is 0 Å². The van der Waals surface area contributed by atoms with Crippen molar-refractivity contribution < 1.29 is 50.0 Å². The van der Waals surface area contributed by atoms with Gasteiger partial charge in [-0.15, -0.1) is 0 Å². The molecule has 2 heterocycles. The zero-order valence-corrected chi connectivity index (χ0v) is 12.1. The summed E-state index contributed by atoms with van der Waals surface area (Å²) in [4.78, 5) is 0. The molecular weight excluding hydrogens is 318 g/mol. The average Bonchev–Trinajstić information content (AvgIpc) is 2.55. The van der Waals surface area contributed by atoms with E-state index < -0.39 is 74.6 Å². The number of ether oxygens (including phenoxy) is 3.